The molecule has 0 aromatic carbocycles. The zero-order valence-corrected chi connectivity index (χ0v) is 10.7. The van der Waals surface area contributed by atoms with E-state index in [2.05, 4.69) is 5.32 Å². The van der Waals surface area contributed by atoms with Crippen molar-refractivity contribution in [2.45, 2.75) is 44.1 Å². The summed E-state index contributed by atoms with van der Waals surface area (Å²) in [5, 5.41) is 3.52. The Morgan fingerprint density at radius 2 is 2.00 bits per heavy atom. The average Bonchev–Trinajstić information content (AvgIpc) is 2.66. The molecule has 98 valence electrons. The second kappa shape index (κ2) is 5.25. The predicted molar refractivity (Wildman–Crippen MR) is 67.1 cm³/mol. The Balaban J connectivity index is 1.62. The van der Waals surface area contributed by atoms with Crippen molar-refractivity contribution < 1.29 is 9.47 Å². The van der Waals surface area contributed by atoms with Crippen LogP contribution in [0.4, 0.5) is 0 Å². The molecular formula is C14H25NO2. The fourth-order valence-corrected chi connectivity index (χ4v) is 3.85. The van der Waals surface area contributed by atoms with Gasteiger partial charge in [-0.3, -0.25) is 0 Å². The van der Waals surface area contributed by atoms with Crippen LogP contribution in [0, 0.1) is 11.8 Å². The second-order valence-electron chi connectivity index (χ2n) is 6.03. The molecule has 17 heavy (non-hydrogen) atoms. The summed E-state index contributed by atoms with van der Waals surface area (Å²) in [4.78, 5) is 0. The molecule has 3 rings (SSSR count). The van der Waals surface area contributed by atoms with Crippen molar-refractivity contribution in [3.05, 3.63) is 0 Å². The molecule has 1 spiro atoms. The number of rotatable bonds is 1. The lowest BCUT2D eigenvalue weighted by molar-refractivity contribution is -0.107. The van der Waals surface area contributed by atoms with Gasteiger partial charge >= 0.3 is 0 Å². The summed E-state index contributed by atoms with van der Waals surface area (Å²) in [6, 6.07) is 0. The van der Waals surface area contributed by atoms with Crippen LogP contribution >= 0.6 is 0 Å². The molecule has 3 unspecified atom stereocenters. The number of hydrogen-bond donors (Lipinski definition) is 1. The van der Waals surface area contributed by atoms with Gasteiger partial charge in [-0.25, -0.2) is 0 Å². The van der Waals surface area contributed by atoms with Gasteiger partial charge in [0.25, 0.3) is 0 Å². The lowest BCUT2D eigenvalue weighted by Crippen LogP contribution is -2.42. The molecule has 3 heteroatoms. The first-order valence-electron chi connectivity index (χ1n) is 7.30. The molecule has 0 amide bonds. The molecule has 1 N–H and O–H groups in total. The van der Waals surface area contributed by atoms with Crippen molar-refractivity contribution in [2.24, 2.45) is 11.8 Å². The van der Waals surface area contributed by atoms with Crippen molar-refractivity contribution in [2.75, 3.05) is 32.9 Å². The minimum Gasteiger partial charge on any atom is -0.378 e. The van der Waals surface area contributed by atoms with Gasteiger partial charge in [-0.1, -0.05) is 0 Å². The van der Waals surface area contributed by atoms with E-state index < -0.39 is 0 Å². The van der Waals surface area contributed by atoms with E-state index in [0.29, 0.717) is 0 Å². The van der Waals surface area contributed by atoms with Crippen LogP contribution in [0.1, 0.15) is 38.5 Å². The maximum Gasteiger partial charge on any atom is 0.0939 e. The van der Waals surface area contributed by atoms with Crippen LogP contribution in [0.25, 0.3) is 0 Å². The normalized spacial score (nSPS) is 43.8. The lowest BCUT2D eigenvalue weighted by Gasteiger charge is -2.40. The molecule has 0 aliphatic carbocycles. The third-order valence-corrected chi connectivity index (χ3v) is 4.89. The van der Waals surface area contributed by atoms with E-state index in [4.69, 9.17) is 9.47 Å². The van der Waals surface area contributed by atoms with E-state index in [0.717, 1.165) is 38.1 Å². The Morgan fingerprint density at radius 1 is 1.00 bits per heavy atom. The summed E-state index contributed by atoms with van der Waals surface area (Å²) in [7, 11) is 0. The van der Waals surface area contributed by atoms with Gasteiger partial charge in [0.05, 0.1) is 12.2 Å². The van der Waals surface area contributed by atoms with Gasteiger partial charge in [-0.2, -0.15) is 0 Å². The van der Waals surface area contributed by atoms with Crippen LogP contribution in [0.15, 0.2) is 0 Å². The summed E-state index contributed by atoms with van der Waals surface area (Å²) in [5.74, 6) is 1.80. The van der Waals surface area contributed by atoms with Crippen molar-refractivity contribution >= 4 is 0 Å². The number of nitrogens with one attached hydrogen (secondary N) is 1. The van der Waals surface area contributed by atoms with Crippen molar-refractivity contribution in [3.8, 4) is 0 Å². The van der Waals surface area contributed by atoms with Gasteiger partial charge in [0.2, 0.25) is 0 Å². The summed E-state index contributed by atoms with van der Waals surface area (Å²) < 4.78 is 11.6. The summed E-state index contributed by atoms with van der Waals surface area (Å²) in [5.41, 5.74) is 0.0999. The van der Waals surface area contributed by atoms with Crippen LogP contribution < -0.4 is 5.32 Å². The molecule has 3 aliphatic heterocycles. The molecule has 0 aromatic heterocycles. The fraction of sp³-hybridized carbons (Fsp3) is 1.00. The predicted octanol–water partition coefficient (Wildman–Crippen LogP) is 1.96. The highest BCUT2D eigenvalue weighted by molar-refractivity contribution is 4.92. The van der Waals surface area contributed by atoms with E-state index in [1.165, 1.54) is 45.2 Å². The van der Waals surface area contributed by atoms with Crippen LogP contribution in [-0.2, 0) is 9.47 Å². The highest BCUT2D eigenvalue weighted by atomic mass is 16.6. The molecule has 0 saturated carbocycles. The third-order valence-electron chi connectivity index (χ3n) is 4.89. The van der Waals surface area contributed by atoms with Gasteiger partial charge in [0.1, 0.15) is 0 Å². The molecule has 3 aliphatic rings. The summed E-state index contributed by atoms with van der Waals surface area (Å²) in [6.07, 6.45) is 7.76. The van der Waals surface area contributed by atoms with Gasteiger partial charge in [0, 0.05) is 19.6 Å². The number of ether oxygens (including phenoxy) is 2. The second-order valence-corrected chi connectivity index (χ2v) is 6.03. The van der Waals surface area contributed by atoms with E-state index in [1.54, 1.807) is 0 Å². The largest absolute Gasteiger partial charge is 0.378 e. The van der Waals surface area contributed by atoms with E-state index in [1.807, 2.05) is 0 Å². The SMILES string of the molecule is C1CNCCC(C2CCOC3(CCOC3)C2)C1. The molecule has 3 saturated heterocycles. The average molecular weight is 239 g/mol. The van der Waals surface area contributed by atoms with E-state index in [9.17, 15) is 0 Å². The third kappa shape index (κ3) is 2.67. The van der Waals surface area contributed by atoms with E-state index in [-0.39, 0.29) is 5.60 Å². The Kier molecular flexibility index (Phi) is 3.69. The molecule has 0 radical (unpaired) electrons. The smallest absolute Gasteiger partial charge is 0.0939 e. The molecule has 0 bridgehead atoms. The highest BCUT2D eigenvalue weighted by Gasteiger charge is 2.42. The van der Waals surface area contributed by atoms with Gasteiger partial charge in [0.15, 0.2) is 0 Å². The van der Waals surface area contributed by atoms with Gasteiger partial charge < -0.3 is 14.8 Å². The monoisotopic (exact) mass is 239 g/mol. The van der Waals surface area contributed by atoms with Gasteiger partial charge in [-0.05, 0) is 57.0 Å². The van der Waals surface area contributed by atoms with Crippen molar-refractivity contribution in [1.82, 2.24) is 5.32 Å². The van der Waals surface area contributed by atoms with Gasteiger partial charge in [-0.15, -0.1) is 0 Å². The molecule has 3 heterocycles. The molecule has 3 atom stereocenters. The summed E-state index contributed by atoms with van der Waals surface area (Å²) in [6.45, 7) is 5.13. The first-order valence-corrected chi connectivity index (χ1v) is 7.30. The van der Waals surface area contributed by atoms with Crippen molar-refractivity contribution in [1.29, 1.82) is 0 Å². The Morgan fingerprint density at radius 3 is 2.88 bits per heavy atom. The Labute approximate surface area is 104 Å². The lowest BCUT2D eigenvalue weighted by atomic mass is 9.75. The Hall–Kier alpha value is -0.120. The van der Waals surface area contributed by atoms with Crippen LogP contribution in [0.2, 0.25) is 0 Å². The molecule has 3 fully saturated rings. The van der Waals surface area contributed by atoms with Crippen LogP contribution in [-0.4, -0.2) is 38.5 Å². The minimum atomic E-state index is 0.0999. The highest BCUT2D eigenvalue weighted by Crippen LogP contribution is 2.41. The fourth-order valence-electron chi connectivity index (χ4n) is 3.85. The summed E-state index contributed by atoms with van der Waals surface area (Å²) >= 11 is 0. The molecule has 0 aromatic rings. The Bertz CT molecular complexity index is 243. The maximum absolute atomic E-state index is 6.04. The standard InChI is InChI=1S/C14H25NO2/c1-2-12(3-7-15-6-1)13-4-8-17-14(10-13)5-9-16-11-14/h12-13,15H,1-11H2. The number of hydrogen-bond acceptors (Lipinski definition) is 3. The van der Waals surface area contributed by atoms with Crippen molar-refractivity contribution in [3.63, 3.8) is 0 Å². The quantitative estimate of drug-likeness (QED) is 0.759. The van der Waals surface area contributed by atoms with Crippen LogP contribution in [0.5, 0.6) is 0 Å². The molecule has 3 nitrogen and oxygen atoms in total. The zero-order valence-electron chi connectivity index (χ0n) is 10.7. The zero-order chi connectivity index (χ0) is 11.6. The first-order chi connectivity index (χ1) is 8.38. The van der Waals surface area contributed by atoms with Crippen LogP contribution in [0.3, 0.4) is 0 Å². The first kappa shape index (κ1) is 11.9. The maximum atomic E-state index is 6.04. The topological polar surface area (TPSA) is 30.5 Å². The van der Waals surface area contributed by atoms with E-state index >= 15 is 0 Å². The minimum absolute atomic E-state index is 0.0999. The molecular weight excluding hydrogens is 214 g/mol.